The molecule has 5 rings (SSSR count). The number of hydrogen-bond acceptors (Lipinski definition) is 6. The lowest BCUT2D eigenvalue weighted by molar-refractivity contribution is 0.0353. The third-order valence-electron chi connectivity index (χ3n) is 6.11. The van der Waals surface area contributed by atoms with Crippen LogP contribution in [0.5, 0.6) is 5.75 Å². The van der Waals surface area contributed by atoms with E-state index < -0.39 is 6.04 Å². The molecule has 1 aromatic heterocycles. The molecule has 0 saturated carbocycles. The Balaban J connectivity index is 1.53. The van der Waals surface area contributed by atoms with E-state index in [1.807, 2.05) is 0 Å². The Hall–Kier alpha value is -2.87. The SMILES string of the molecule is O=C1c2oc3ccc(Cl)cc3c(=O)c2[C@H](c2ccc(O)cc2)N1CCCN1CCOCC1. The maximum absolute atomic E-state index is 13.5. The summed E-state index contributed by atoms with van der Waals surface area (Å²) in [6, 6.07) is 10.8. The van der Waals surface area contributed by atoms with Gasteiger partial charge in [0.05, 0.1) is 30.2 Å². The lowest BCUT2D eigenvalue weighted by atomic mass is 9.98. The van der Waals surface area contributed by atoms with Crippen LogP contribution in [0.15, 0.2) is 51.7 Å². The minimum Gasteiger partial charge on any atom is -0.508 e. The van der Waals surface area contributed by atoms with Crippen molar-refractivity contribution >= 4 is 28.5 Å². The van der Waals surface area contributed by atoms with E-state index in [0.717, 1.165) is 44.8 Å². The normalized spacial score (nSPS) is 19.0. The number of ether oxygens (including phenoxy) is 1. The van der Waals surface area contributed by atoms with Gasteiger partial charge in [-0.05, 0) is 42.3 Å². The molecule has 0 spiro atoms. The first kappa shape index (κ1) is 21.0. The molecule has 0 unspecified atom stereocenters. The van der Waals surface area contributed by atoms with Gasteiger partial charge >= 0.3 is 0 Å². The van der Waals surface area contributed by atoms with E-state index in [1.54, 1.807) is 47.4 Å². The Kier molecular flexibility index (Phi) is 5.63. The molecule has 2 aliphatic rings. The van der Waals surface area contributed by atoms with Crippen molar-refractivity contribution in [1.29, 1.82) is 0 Å². The summed E-state index contributed by atoms with van der Waals surface area (Å²) in [7, 11) is 0. The summed E-state index contributed by atoms with van der Waals surface area (Å²) in [4.78, 5) is 30.9. The molecule has 2 aliphatic heterocycles. The van der Waals surface area contributed by atoms with Crippen LogP contribution < -0.4 is 5.43 Å². The lowest BCUT2D eigenvalue weighted by Crippen LogP contribution is -2.38. The summed E-state index contributed by atoms with van der Waals surface area (Å²) in [5, 5.41) is 10.5. The Labute approximate surface area is 189 Å². The van der Waals surface area contributed by atoms with Crippen LogP contribution in [0.1, 0.15) is 34.1 Å². The number of nitrogens with zero attached hydrogens (tertiary/aromatic N) is 2. The Morgan fingerprint density at radius 2 is 1.78 bits per heavy atom. The van der Waals surface area contributed by atoms with Gasteiger partial charge in [0, 0.05) is 31.2 Å². The zero-order valence-corrected chi connectivity index (χ0v) is 18.2. The van der Waals surface area contributed by atoms with E-state index in [0.29, 0.717) is 28.1 Å². The number of hydrogen-bond donors (Lipinski definition) is 1. The standard InChI is InChI=1S/C24H23ClN2O5/c25-16-4-7-19-18(14-16)22(29)20-21(15-2-5-17(28)6-3-15)27(24(30)23(20)32-19)9-1-8-26-10-12-31-13-11-26/h2-7,14,21,28H,1,8-13H2/t21-/m0/s1. The largest absolute Gasteiger partial charge is 0.508 e. The van der Waals surface area contributed by atoms with E-state index in [9.17, 15) is 14.7 Å². The number of aromatic hydroxyl groups is 1. The first-order chi connectivity index (χ1) is 15.5. The average Bonchev–Trinajstić information content (AvgIpc) is 3.08. The number of carbonyl (C=O) groups is 1. The van der Waals surface area contributed by atoms with Gasteiger partial charge in [-0.25, -0.2) is 0 Å². The number of morpholine rings is 1. The molecule has 8 heteroatoms. The van der Waals surface area contributed by atoms with Crippen LogP contribution in [0.25, 0.3) is 11.0 Å². The quantitative estimate of drug-likeness (QED) is 0.636. The van der Waals surface area contributed by atoms with E-state index in [-0.39, 0.29) is 22.8 Å². The minimum atomic E-state index is -0.581. The number of phenols is 1. The number of phenolic OH excluding ortho intramolecular Hbond substituents is 1. The van der Waals surface area contributed by atoms with Gasteiger partial charge in [-0.15, -0.1) is 0 Å². The molecule has 3 aromatic rings. The zero-order chi connectivity index (χ0) is 22.2. The fraction of sp³-hybridized carbons (Fsp3) is 0.333. The summed E-state index contributed by atoms with van der Waals surface area (Å²) in [6.07, 6.45) is 0.758. The molecule has 7 nitrogen and oxygen atoms in total. The third-order valence-corrected chi connectivity index (χ3v) is 6.35. The highest BCUT2D eigenvalue weighted by Crippen LogP contribution is 2.38. The van der Waals surface area contributed by atoms with Gasteiger partial charge in [0.25, 0.3) is 5.91 Å². The topological polar surface area (TPSA) is 83.2 Å². The first-order valence-corrected chi connectivity index (χ1v) is 11.1. The van der Waals surface area contributed by atoms with Gasteiger partial charge in [-0.2, -0.15) is 0 Å². The van der Waals surface area contributed by atoms with Crippen molar-refractivity contribution in [3.8, 4) is 5.75 Å². The molecule has 2 aromatic carbocycles. The maximum atomic E-state index is 13.5. The van der Waals surface area contributed by atoms with Crippen LogP contribution in [-0.2, 0) is 4.74 Å². The summed E-state index contributed by atoms with van der Waals surface area (Å²) in [6.45, 7) is 4.51. The predicted molar refractivity (Wildman–Crippen MR) is 120 cm³/mol. The number of rotatable bonds is 5. The van der Waals surface area contributed by atoms with E-state index in [1.165, 1.54) is 0 Å². The van der Waals surface area contributed by atoms with E-state index >= 15 is 0 Å². The maximum Gasteiger partial charge on any atom is 0.290 e. The van der Waals surface area contributed by atoms with Crippen molar-refractivity contribution in [3.63, 3.8) is 0 Å². The number of halogens is 1. The molecule has 1 N–H and O–H groups in total. The van der Waals surface area contributed by atoms with Gasteiger partial charge < -0.3 is 19.2 Å². The number of benzene rings is 2. The first-order valence-electron chi connectivity index (χ1n) is 10.7. The molecule has 1 saturated heterocycles. The zero-order valence-electron chi connectivity index (χ0n) is 17.4. The van der Waals surface area contributed by atoms with Gasteiger partial charge in [0.1, 0.15) is 11.3 Å². The summed E-state index contributed by atoms with van der Waals surface area (Å²) in [5.41, 5.74) is 1.15. The molecule has 1 fully saturated rings. The fourth-order valence-corrected chi connectivity index (χ4v) is 4.69. The summed E-state index contributed by atoms with van der Waals surface area (Å²) >= 11 is 6.11. The Morgan fingerprint density at radius 1 is 1.03 bits per heavy atom. The van der Waals surface area contributed by atoms with Crippen LogP contribution in [0.2, 0.25) is 5.02 Å². The average molecular weight is 455 g/mol. The molecule has 1 amide bonds. The monoisotopic (exact) mass is 454 g/mol. The van der Waals surface area contributed by atoms with Crippen LogP contribution >= 0.6 is 11.6 Å². The number of amides is 1. The van der Waals surface area contributed by atoms with Gasteiger partial charge in [0.2, 0.25) is 5.76 Å². The number of carbonyl (C=O) groups excluding carboxylic acids is 1. The third kappa shape index (κ3) is 3.77. The van der Waals surface area contributed by atoms with Gasteiger partial charge in [0.15, 0.2) is 5.43 Å². The second-order valence-electron chi connectivity index (χ2n) is 8.11. The molecular formula is C24H23ClN2O5. The van der Waals surface area contributed by atoms with Crippen molar-refractivity contribution in [1.82, 2.24) is 9.80 Å². The Morgan fingerprint density at radius 3 is 2.53 bits per heavy atom. The molecule has 3 heterocycles. The van der Waals surface area contributed by atoms with Crippen molar-refractivity contribution in [2.75, 3.05) is 39.4 Å². The molecular weight excluding hydrogens is 432 g/mol. The summed E-state index contributed by atoms with van der Waals surface area (Å²) < 4.78 is 11.3. The van der Waals surface area contributed by atoms with Crippen LogP contribution in [0, 0.1) is 0 Å². The number of fused-ring (bicyclic) bond motifs is 2. The van der Waals surface area contributed by atoms with E-state index in [2.05, 4.69) is 4.90 Å². The van der Waals surface area contributed by atoms with Gasteiger partial charge in [-0.1, -0.05) is 23.7 Å². The van der Waals surface area contributed by atoms with Crippen LogP contribution in [-0.4, -0.2) is 60.2 Å². The van der Waals surface area contributed by atoms with Crippen molar-refractivity contribution in [2.45, 2.75) is 12.5 Å². The van der Waals surface area contributed by atoms with Crippen molar-refractivity contribution in [2.24, 2.45) is 0 Å². The van der Waals surface area contributed by atoms with Crippen LogP contribution in [0.4, 0.5) is 0 Å². The molecule has 0 radical (unpaired) electrons. The highest BCUT2D eigenvalue weighted by Gasteiger charge is 2.42. The molecule has 0 bridgehead atoms. The Bertz CT molecular complexity index is 1220. The van der Waals surface area contributed by atoms with E-state index in [4.69, 9.17) is 20.8 Å². The van der Waals surface area contributed by atoms with Crippen molar-refractivity contribution < 1.29 is 19.1 Å². The molecule has 32 heavy (non-hydrogen) atoms. The predicted octanol–water partition coefficient (Wildman–Crippen LogP) is 3.42. The lowest BCUT2D eigenvalue weighted by Gasteiger charge is -2.29. The minimum absolute atomic E-state index is 0.0780. The molecule has 0 aliphatic carbocycles. The van der Waals surface area contributed by atoms with Gasteiger partial charge in [-0.3, -0.25) is 14.5 Å². The molecule has 166 valence electrons. The highest BCUT2D eigenvalue weighted by atomic mass is 35.5. The summed E-state index contributed by atoms with van der Waals surface area (Å²) in [5.74, 6) is -0.0993. The second-order valence-corrected chi connectivity index (χ2v) is 8.55. The van der Waals surface area contributed by atoms with Crippen LogP contribution in [0.3, 0.4) is 0 Å². The van der Waals surface area contributed by atoms with Crippen molar-refractivity contribution in [3.05, 3.63) is 74.6 Å². The highest BCUT2D eigenvalue weighted by molar-refractivity contribution is 6.31. The smallest absolute Gasteiger partial charge is 0.290 e. The second kappa shape index (κ2) is 8.58. The molecule has 1 atom stereocenters. The fourth-order valence-electron chi connectivity index (χ4n) is 4.52.